The van der Waals surface area contributed by atoms with E-state index >= 15 is 0 Å². The molecule has 99 valence electrons. The van der Waals surface area contributed by atoms with Crippen LogP contribution in [0.3, 0.4) is 0 Å². The van der Waals surface area contributed by atoms with Crippen molar-refractivity contribution in [3.63, 3.8) is 0 Å². The first-order valence-corrected chi connectivity index (χ1v) is 13.3. The molecule has 0 unspecified atom stereocenters. The molecule has 16 heavy (non-hydrogen) atoms. The zero-order chi connectivity index (χ0) is 13.4. The molecule has 0 aromatic heterocycles. The van der Waals surface area contributed by atoms with Gasteiger partial charge in [-0.3, -0.25) is 0 Å². The Morgan fingerprint density at radius 1 is 0.875 bits per heavy atom. The molecular formula is C11H30N4Ta. The van der Waals surface area contributed by atoms with Crippen LogP contribution in [0.2, 0.25) is 3.63 Å². The van der Waals surface area contributed by atoms with Gasteiger partial charge in [0.05, 0.1) is 0 Å². The maximum atomic E-state index is 9.43. The van der Waals surface area contributed by atoms with Crippen molar-refractivity contribution in [3.05, 3.63) is 0 Å². The predicted octanol–water partition coefficient (Wildman–Crippen LogP) is 2.48. The van der Waals surface area contributed by atoms with Crippen LogP contribution in [-0.2, 0) is 16.4 Å². The Balaban J connectivity index is 6.19. The van der Waals surface area contributed by atoms with E-state index in [4.69, 9.17) is 0 Å². The van der Waals surface area contributed by atoms with Gasteiger partial charge in [0, 0.05) is 0 Å². The summed E-state index contributed by atoms with van der Waals surface area (Å²) in [6.07, 6.45) is 1.03. The van der Waals surface area contributed by atoms with Gasteiger partial charge >= 0.3 is 103 Å². The first-order valence-electron chi connectivity index (χ1n) is 5.79. The molecular weight excluding hydrogens is 369 g/mol. The molecule has 0 radical (unpaired) electrons. The molecule has 4 nitrogen and oxygen atoms in total. The fraction of sp³-hybridized carbons (Fsp3) is 1.00. The van der Waals surface area contributed by atoms with E-state index in [-0.39, 0.29) is 3.63 Å². The molecule has 0 amide bonds. The Hall–Kier alpha value is 0.420. The summed E-state index contributed by atoms with van der Waals surface area (Å²) in [5, 5.41) is 0. The molecule has 0 aliphatic heterocycles. The van der Waals surface area contributed by atoms with Gasteiger partial charge in [-0.15, -0.1) is 0 Å². The van der Waals surface area contributed by atoms with Gasteiger partial charge in [-0.25, -0.2) is 0 Å². The maximum absolute atomic E-state index is 9.43. The second kappa shape index (κ2) is 4.59. The van der Waals surface area contributed by atoms with Crippen LogP contribution in [0.25, 0.3) is 0 Å². The van der Waals surface area contributed by atoms with E-state index in [1.165, 1.54) is 0 Å². The molecule has 0 aromatic carbocycles. The minimum atomic E-state index is -4.10. The van der Waals surface area contributed by atoms with Crippen molar-refractivity contribution in [2.24, 2.45) is 0 Å². The molecule has 0 aliphatic rings. The molecule has 0 fully saturated rings. The molecule has 0 heterocycles. The summed E-state index contributed by atoms with van der Waals surface area (Å²) in [6, 6.07) is 0. The van der Waals surface area contributed by atoms with Crippen molar-refractivity contribution in [1.29, 1.82) is 3.76 Å². The third-order valence-corrected chi connectivity index (χ3v) is 29.7. The number of nitrogens with zero attached hydrogens (tertiary/aromatic N) is 3. The van der Waals surface area contributed by atoms with Crippen molar-refractivity contribution in [3.8, 4) is 0 Å². The summed E-state index contributed by atoms with van der Waals surface area (Å²) < 4.78 is 16.1. The summed E-state index contributed by atoms with van der Waals surface area (Å²) in [7, 11) is 12.4. The normalized spacial score (nSPS) is 16.9. The van der Waals surface area contributed by atoms with Crippen LogP contribution in [0, 0.1) is 3.76 Å². The zero-order valence-electron chi connectivity index (χ0n) is 12.5. The van der Waals surface area contributed by atoms with Crippen molar-refractivity contribution in [2.45, 2.75) is 30.8 Å². The summed E-state index contributed by atoms with van der Waals surface area (Å²) in [5.74, 6) is 0. The first kappa shape index (κ1) is 16.4. The fourth-order valence-corrected chi connectivity index (χ4v) is 24.5. The summed E-state index contributed by atoms with van der Waals surface area (Å²) >= 11 is -4.10. The topological polar surface area (TPSA) is 33.6 Å². The summed E-state index contributed by atoms with van der Waals surface area (Å²) in [4.78, 5) is 0. The molecule has 0 spiro atoms. The van der Waals surface area contributed by atoms with Crippen LogP contribution in [0.1, 0.15) is 27.2 Å². The van der Waals surface area contributed by atoms with Gasteiger partial charge < -0.3 is 0 Å². The predicted molar refractivity (Wildman–Crippen MR) is 68.1 cm³/mol. The van der Waals surface area contributed by atoms with Crippen LogP contribution in [0.5, 0.6) is 0 Å². The quantitative estimate of drug-likeness (QED) is 0.771. The van der Waals surface area contributed by atoms with Crippen LogP contribution >= 0.6 is 0 Å². The molecule has 0 aromatic rings. The van der Waals surface area contributed by atoms with E-state index in [2.05, 4.69) is 73.0 Å². The van der Waals surface area contributed by atoms with E-state index < -0.39 is 16.4 Å². The third-order valence-electron chi connectivity index (χ3n) is 4.25. The Morgan fingerprint density at radius 3 is 1.19 bits per heavy atom. The summed E-state index contributed by atoms with van der Waals surface area (Å²) in [6.45, 7) is 6.68. The third kappa shape index (κ3) is 1.67. The molecule has 0 atom stereocenters. The standard InChI is InChI=1S/C5H11.3C2H6N.HN.Ta/c1-4-5(2)3;3*1-3-2;;/h4H2,1-3H3;3*1-2H3;1H;/q;3*-1;;+3. The second-order valence-corrected chi connectivity index (χ2v) is 25.7. The van der Waals surface area contributed by atoms with E-state index in [9.17, 15) is 3.76 Å². The molecule has 0 aliphatic carbocycles. The molecule has 1 N–H and O–H groups in total. The Morgan fingerprint density at radius 2 is 1.12 bits per heavy atom. The van der Waals surface area contributed by atoms with E-state index in [0.717, 1.165) is 6.42 Å². The van der Waals surface area contributed by atoms with Gasteiger partial charge in [0.15, 0.2) is 0 Å². The minimum absolute atomic E-state index is 0.0160. The molecule has 0 saturated heterocycles. The SMILES string of the molecule is CC[C](C)(C)[Ta](=[NH])([N](C)C)([N](C)C)[N](C)C. The number of hydrogen-bond donors (Lipinski definition) is 1. The van der Waals surface area contributed by atoms with Gasteiger partial charge in [-0.1, -0.05) is 0 Å². The molecule has 0 saturated carbocycles. The number of hydrogen-bond acceptors (Lipinski definition) is 1. The van der Waals surface area contributed by atoms with Crippen LogP contribution in [0.15, 0.2) is 0 Å². The molecule has 5 heteroatoms. The van der Waals surface area contributed by atoms with Gasteiger partial charge in [0.1, 0.15) is 0 Å². The summed E-state index contributed by atoms with van der Waals surface area (Å²) in [5.41, 5.74) is 0. The average molecular weight is 399 g/mol. The Bertz CT molecular complexity index is 274. The van der Waals surface area contributed by atoms with Crippen LogP contribution in [-0.4, -0.2) is 52.2 Å². The van der Waals surface area contributed by atoms with Crippen molar-refractivity contribution < 1.29 is 16.4 Å². The van der Waals surface area contributed by atoms with Crippen molar-refractivity contribution in [1.82, 2.24) is 9.91 Å². The second-order valence-electron chi connectivity index (χ2n) is 5.69. The van der Waals surface area contributed by atoms with E-state index in [1.807, 2.05) is 0 Å². The zero-order valence-corrected chi connectivity index (χ0v) is 15.7. The first-order chi connectivity index (χ1) is 6.97. The molecule has 0 bridgehead atoms. The Labute approximate surface area is 103 Å². The van der Waals surface area contributed by atoms with E-state index in [0.29, 0.717) is 0 Å². The van der Waals surface area contributed by atoms with Gasteiger partial charge in [0.2, 0.25) is 0 Å². The monoisotopic (exact) mass is 399 g/mol. The van der Waals surface area contributed by atoms with Crippen molar-refractivity contribution >= 4 is 0 Å². The van der Waals surface area contributed by atoms with E-state index in [1.54, 1.807) is 0 Å². The van der Waals surface area contributed by atoms with Gasteiger partial charge in [-0.05, 0) is 0 Å². The van der Waals surface area contributed by atoms with Crippen molar-refractivity contribution in [2.75, 3.05) is 42.3 Å². The van der Waals surface area contributed by atoms with Crippen LogP contribution < -0.4 is 0 Å². The van der Waals surface area contributed by atoms with Crippen LogP contribution in [0.4, 0.5) is 0 Å². The van der Waals surface area contributed by atoms with Gasteiger partial charge in [0.25, 0.3) is 0 Å². The molecule has 0 rings (SSSR count). The fourth-order valence-electron chi connectivity index (χ4n) is 2.99. The average Bonchev–Trinajstić information content (AvgIpc) is 2.14. The van der Waals surface area contributed by atoms with Gasteiger partial charge in [-0.2, -0.15) is 0 Å². The number of nitrogens with one attached hydrogen (secondary N) is 1. The number of rotatable bonds is 5. The Kier molecular flexibility index (Phi) is 4.71.